The van der Waals surface area contributed by atoms with E-state index < -0.39 is 11.9 Å². The molecule has 0 unspecified atom stereocenters. The number of primary amides is 1. The zero-order valence-corrected chi connectivity index (χ0v) is 15.0. The Morgan fingerprint density at radius 3 is 2.08 bits per heavy atom. The van der Waals surface area contributed by atoms with Crippen LogP contribution in [0, 0.1) is 30.1 Å². The third kappa shape index (κ3) is 3.19. The summed E-state index contributed by atoms with van der Waals surface area (Å²) in [7, 11) is 0. The lowest BCUT2D eigenvalue weighted by atomic mass is 9.49. The number of hydrogen-bond acceptors (Lipinski definition) is 2. The SMILES string of the molecule is Cc1ccc(C[C@@H](NC(=O)C23CC4CC(CC(C4)C2)C3)C(N)=O)cc1. The van der Waals surface area contributed by atoms with Crippen LogP contribution in [0.5, 0.6) is 0 Å². The Kier molecular flexibility index (Phi) is 4.09. The highest BCUT2D eigenvalue weighted by Gasteiger charge is 2.54. The van der Waals surface area contributed by atoms with Crippen molar-refractivity contribution in [2.45, 2.75) is 57.9 Å². The first kappa shape index (κ1) is 16.6. The standard InChI is InChI=1S/C21H28N2O2/c1-13-2-4-14(5-3-13)9-18(19(22)24)23-20(25)21-10-15-6-16(11-21)8-17(7-15)12-21/h2-5,15-18H,6-12H2,1H3,(H2,22,24)(H,23,25)/t15?,16?,17?,18-,21?/m1/s1. The van der Waals surface area contributed by atoms with E-state index in [2.05, 4.69) is 5.32 Å². The van der Waals surface area contributed by atoms with E-state index in [1.165, 1.54) is 24.8 Å². The molecular weight excluding hydrogens is 312 g/mol. The van der Waals surface area contributed by atoms with Gasteiger partial charge in [0.05, 0.1) is 0 Å². The number of nitrogens with two attached hydrogens (primary N) is 1. The summed E-state index contributed by atoms with van der Waals surface area (Å²) in [6.45, 7) is 2.03. The molecule has 1 atom stereocenters. The van der Waals surface area contributed by atoms with Crippen LogP contribution in [0.3, 0.4) is 0 Å². The van der Waals surface area contributed by atoms with Crippen molar-refractivity contribution in [1.29, 1.82) is 0 Å². The predicted octanol–water partition coefficient (Wildman–Crippen LogP) is 2.72. The fourth-order valence-electron chi connectivity index (χ4n) is 5.88. The van der Waals surface area contributed by atoms with Gasteiger partial charge in [-0.25, -0.2) is 0 Å². The molecule has 4 fully saturated rings. The lowest BCUT2D eigenvalue weighted by Crippen LogP contribution is -2.57. The van der Waals surface area contributed by atoms with Crippen LogP contribution < -0.4 is 11.1 Å². The van der Waals surface area contributed by atoms with E-state index >= 15 is 0 Å². The molecule has 4 heteroatoms. The number of amides is 2. The third-order valence-corrected chi connectivity index (χ3v) is 6.73. The summed E-state index contributed by atoms with van der Waals surface area (Å²) < 4.78 is 0. The van der Waals surface area contributed by atoms with E-state index in [0.717, 1.165) is 24.8 Å². The van der Waals surface area contributed by atoms with Crippen LogP contribution in [0.25, 0.3) is 0 Å². The van der Waals surface area contributed by atoms with Gasteiger partial charge in [-0.1, -0.05) is 29.8 Å². The molecule has 4 bridgehead atoms. The number of carbonyl (C=O) groups is 2. The third-order valence-electron chi connectivity index (χ3n) is 6.73. The second kappa shape index (κ2) is 6.15. The fourth-order valence-corrected chi connectivity index (χ4v) is 5.88. The quantitative estimate of drug-likeness (QED) is 0.865. The molecule has 0 heterocycles. The molecule has 4 nitrogen and oxygen atoms in total. The Morgan fingerprint density at radius 1 is 1.08 bits per heavy atom. The van der Waals surface area contributed by atoms with Crippen LogP contribution in [-0.2, 0) is 16.0 Å². The van der Waals surface area contributed by atoms with E-state index in [1.54, 1.807) is 0 Å². The minimum atomic E-state index is -0.622. The van der Waals surface area contributed by atoms with E-state index in [9.17, 15) is 9.59 Å². The maximum Gasteiger partial charge on any atom is 0.240 e. The molecule has 4 aliphatic rings. The molecule has 1 aromatic rings. The Balaban J connectivity index is 1.47. The molecular formula is C21H28N2O2. The Bertz CT molecular complexity index is 644. The Hall–Kier alpha value is -1.84. The topological polar surface area (TPSA) is 72.2 Å². The van der Waals surface area contributed by atoms with Crippen molar-refractivity contribution in [1.82, 2.24) is 5.32 Å². The van der Waals surface area contributed by atoms with Crippen molar-refractivity contribution >= 4 is 11.8 Å². The summed E-state index contributed by atoms with van der Waals surface area (Å²) in [5.41, 5.74) is 7.57. The molecule has 5 rings (SSSR count). The molecule has 0 aromatic heterocycles. The van der Waals surface area contributed by atoms with Gasteiger partial charge in [-0.2, -0.15) is 0 Å². The molecule has 4 aliphatic carbocycles. The Morgan fingerprint density at radius 2 is 1.60 bits per heavy atom. The largest absolute Gasteiger partial charge is 0.368 e. The molecule has 0 aliphatic heterocycles. The van der Waals surface area contributed by atoms with Crippen molar-refractivity contribution in [2.24, 2.45) is 28.9 Å². The average molecular weight is 340 g/mol. The second-order valence-electron chi connectivity index (χ2n) is 8.82. The van der Waals surface area contributed by atoms with Gasteiger partial charge < -0.3 is 11.1 Å². The first-order chi connectivity index (χ1) is 11.9. The number of carbonyl (C=O) groups excluding carboxylic acids is 2. The highest BCUT2D eigenvalue weighted by molar-refractivity contribution is 5.89. The number of aryl methyl sites for hydroxylation is 1. The van der Waals surface area contributed by atoms with Crippen molar-refractivity contribution in [2.75, 3.05) is 0 Å². The van der Waals surface area contributed by atoms with Gasteiger partial charge in [0, 0.05) is 11.8 Å². The van der Waals surface area contributed by atoms with Crippen molar-refractivity contribution in [3.8, 4) is 0 Å². The maximum absolute atomic E-state index is 13.1. The first-order valence-electron chi connectivity index (χ1n) is 9.59. The number of benzene rings is 1. The summed E-state index contributed by atoms with van der Waals surface area (Å²) in [6.07, 6.45) is 7.37. The monoisotopic (exact) mass is 340 g/mol. The van der Waals surface area contributed by atoms with Crippen molar-refractivity contribution in [3.63, 3.8) is 0 Å². The Labute approximate surface area is 149 Å². The molecule has 134 valence electrons. The average Bonchev–Trinajstić information content (AvgIpc) is 2.54. The van der Waals surface area contributed by atoms with E-state index in [-0.39, 0.29) is 11.3 Å². The van der Waals surface area contributed by atoms with Crippen molar-refractivity contribution in [3.05, 3.63) is 35.4 Å². The minimum Gasteiger partial charge on any atom is -0.368 e. The van der Waals surface area contributed by atoms with Crippen LogP contribution in [0.1, 0.15) is 49.7 Å². The normalized spacial score (nSPS) is 33.9. The molecule has 3 N–H and O–H groups in total. The molecule has 1 aromatic carbocycles. The lowest BCUT2D eigenvalue weighted by Gasteiger charge is -2.55. The second-order valence-corrected chi connectivity index (χ2v) is 8.82. The number of rotatable bonds is 5. The summed E-state index contributed by atoms with van der Waals surface area (Å²) in [5, 5.41) is 3.02. The maximum atomic E-state index is 13.1. The van der Waals surface area contributed by atoms with Gasteiger partial charge in [-0.15, -0.1) is 0 Å². The van der Waals surface area contributed by atoms with Gasteiger partial charge in [0.15, 0.2) is 0 Å². The van der Waals surface area contributed by atoms with E-state index in [1.807, 2.05) is 31.2 Å². The molecule has 0 saturated heterocycles. The number of nitrogens with one attached hydrogen (secondary N) is 1. The highest BCUT2D eigenvalue weighted by atomic mass is 16.2. The van der Waals surface area contributed by atoms with Gasteiger partial charge in [0.1, 0.15) is 6.04 Å². The predicted molar refractivity (Wildman–Crippen MR) is 96.6 cm³/mol. The lowest BCUT2D eigenvalue weighted by molar-refractivity contribution is -0.148. The van der Waals surface area contributed by atoms with Gasteiger partial charge >= 0.3 is 0 Å². The number of hydrogen-bond donors (Lipinski definition) is 2. The summed E-state index contributed by atoms with van der Waals surface area (Å²) in [6, 6.07) is 7.43. The molecule has 4 saturated carbocycles. The van der Waals surface area contributed by atoms with Gasteiger partial charge in [-0.3, -0.25) is 9.59 Å². The van der Waals surface area contributed by atoms with Crippen LogP contribution >= 0.6 is 0 Å². The molecule has 0 radical (unpaired) electrons. The van der Waals surface area contributed by atoms with Gasteiger partial charge in [0.25, 0.3) is 0 Å². The van der Waals surface area contributed by atoms with Crippen molar-refractivity contribution < 1.29 is 9.59 Å². The van der Waals surface area contributed by atoms with Gasteiger partial charge in [-0.05, 0) is 68.8 Å². The van der Waals surface area contributed by atoms with Crippen LogP contribution in [0.4, 0.5) is 0 Å². The summed E-state index contributed by atoms with van der Waals surface area (Å²) >= 11 is 0. The van der Waals surface area contributed by atoms with Gasteiger partial charge in [0.2, 0.25) is 11.8 Å². The van der Waals surface area contributed by atoms with Crippen LogP contribution in [-0.4, -0.2) is 17.9 Å². The zero-order chi connectivity index (χ0) is 17.6. The smallest absolute Gasteiger partial charge is 0.240 e. The van der Waals surface area contributed by atoms with Crippen LogP contribution in [0.2, 0.25) is 0 Å². The van der Waals surface area contributed by atoms with E-state index in [0.29, 0.717) is 24.2 Å². The minimum absolute atomic E-state index is 0.0718. The molecule has 2 amide bonds. The highest BCUT2D eigenvalue weighted by Crippen LogP contribution is 2.60. The zero-order valence-electron chi connectivity index (χ0n) is 15.0. The fraction of sp³-hybridized carbons (Fsp3) is 0.619. The first-order valence-corrected chi connectivity index (χ1v) is 9.59. The van der Waals surface area contributed by atoms with E-state index in [4.69, 9.17) is 5.73 Å². The summed E-state index contributed by atoms with van der Waals surface area (Å²) in [5.74, 6) is 1.75. The van der Waals surface area contributed by atoms with Crippen LogP contribution in [0.15, 0.2) is 24.3 Å². The molecule has 25 heavy (non-hydrogen) atoms. The summed E-state index contributed by atoms with van der Waals surface area (Å²) in [4.78, 5) is 25.1. The molecule has 0 spiro atoms.